The molecule has 0 atom stereocenters. The van der Waals surface area contributed by atoms with Crippen LogP contribution in [0.1, 0.15) is 17.5 Å². The van der Waals surface area contributed by atoms with E-state index in [1.54, 1.807) is 11.0 Å². The number of aryl methyl sites for hydroxylation is 1. The van der Waals surface area contributed by atoms with Crippen molar-refractivity contribution in [3.8, 4) is 0 Å². The molecule has 0 fully saturated rings. The van der Waals surface area contributed by atoms with E-state index in [4.69, 9.17) is 22.2 Å². The molecule has 2 aromatic carbocycles. The maximum Gasteiger partial charge on any atom is 0.267 e. The predicted molar refractivity (Wildman–Crippen MR) is 99.8 cm³/mol. The van der Waals surface area contributed by atoms with Crippen molar-refractivity contribution < 1.29 is 9.63 Å². The lowest BCUT2D eigenvalue weighted by Crippen LogP contribution is -2.37. The van der Waals surface area contributed by atoms with Crippen LogP contribution in [0.5, 0.6) is 0 Å². The number of carbonyl (C=O) groups is 1. The molecular weight excluding hydrogens is 338 g/mol. The van der Waals surface area contributed by atoms with E-state index in [0.29, 0.717) is 18.0 Å². The molecule has 0 unspecified atom stereocenters. The van der Waals surface area contributed by atoms with Gasteiger partial charge in [-0.3, -0.25) is 4.79 Å². The van der Waals surface area contributed by atoms with Crippen molar-refractivity contribution in [2.75, 3.05) is 18.1 Å². The summed E-state index contributed by atoms with van der Waals surface area (Å²) in [6.45, 7) is 0.551. The monoisotopic (exact) mass is 357 g/mol. The number of hydrogen-bond acceptors (Lipinski definition) is 3. The number of benzene rings is 2. The lowest BCUT2D eigenvalue weighted by molar-refractivity contribution is -0.123. The molecule has 2 N–H and O–H groups in total. The smallest absolute Gasteiger partial charge is 0.267 e. The Morgan fingerprint density at radius 2 is 1.96 bits per heavy atom. The summed E-state index contributed by atoms with van der Waals surface area (Å²) in [5.74, 6) is 0.154. The first-order chi connectivity index (χ1) is 12.1. The van der Waals surface area contributed by atoms with Gasteiger partial charge in [0.25, 0.3) is 5.91 Å². The van der Waals surface area contributed by atoms with E-state index in [9.17, 15) is 4.79 Å². The Bertz CT molecular complexity index is 792. The van der Waals surface area contributed by atoms with Crippen LogP contribution in [0.3, 0.4) is 0 Å². The number of rotatable bonds is 5. The van der Waals surface area contributed by atoms with Crippen LogP contribution in [0.2, 0.25) is 5.02 Å². The third kappa shape index (κ3) is 4.31. The van der Waals surface area contributed by atoms with Crippen molar-refractivity contribution in [2.24, 2.45) is 10.9 Å². The van der Waals surface area contributed by atoms with Gasteiger partial charge < -0.3 is 15.5 Å². The fraction of sp³-hybridized carbons (Fsp3) is 0.263. The van der Waals surface area contributed by atoms with E-state index in [0.717, 1.165) is 24.1 Å². The van der Waals surface area contributed by atoms with Gasteiger partial charge in [-0.1, -0.05) is 53.2 Å². The molecule has 1 aliphatic rings. The van der Waals surface area contributed by atoms with Crippen LogP contribution in [-0.4, -0.2) is 24.9 Å². The van der Waals surface area contributed by atoms with Crippen LogP contribution in [0.15, 0.2) is 53.7 Å². The fourth-order valence-corrected chi connectivity index (χ4v) is 3.11. The number of hydrogen-bond donors (Lipinski definition) is 1. The third-order valence-corrected chi connectivity index (χ3v) is 4.48. The van der Waals surface area contributed by atoms with Gasteiger partial charge in [-0.05, 0) is 36.1 Å². The van der Waals surface area contributed by atoms with Crippen molar-refractivity contribution in [1.29, 1.82) is 0 Å². The summed E-state index contributed by atoms with van der Waals surface area (Å²) in [6.07, 6.45) is 2.31. The second-order valence-electron chi connectivity index (χ2n) is 5.90. The van der Waals surface area contributed by atoms with Crippen LogP contribution in [0, 0.1) is 0 Å². The summed E-state index contributed by atoms with van der Waals surface area (Å²) in [4.78, 5) is 19.3. The van der Waals surface area contributed by atoms with E-state index in [-0.39, 0.29) is 18.3 Å². The number of carbonyl (C=O) groups excluding carboxylic acids is 1. The lowest BCUT2D eigenvalue weighted by Gasteiger charge is -2.28. The largest absolute Gasteiger partial charge is 0.384 e. The highest BCUT2D eigenvalue weighted by atomic mass is 35.5. The summed E-state index contributed by atoms with van der Waals surface area (Å²) in [5.41, 5.74) is 8.86. The molecule has 3 rings (SSSR count). The van der Waals surface area contributed by atoms with Crippen molar-refractivity contribution >= 4 is 29.0 Å². The number of amides is 1. The highest BCUT2D eigenvalue weighted by Gasteiger charge is 2.22. The molecule has 1 amide bonds. The zero-order chi connectivity index (χ0) is 17.6. The Kier molecular flexibility index (Phi) is 5.56. The Labute approximate surface area is 152 Å². The number of para-hydroxylation sites is 1. The Morgan fingerprint density at radius 3 is 2.80 bits per heavy atom. The summed E-state index contributed by atoms with van der Waals surface area (Å²) in [7, 11) is 0. The van der Waals surface area contributed by atoms with Crippen LogP contribution in [0.4, 0.5) is 5.69 Å². The number of oxime groups is 1. The molecule has 1 heterocycles. The summed E-state index contributed by atoms with van der Waals surface area (Å²) in [6, 6.07) is 15.3. The first kappa shape index (κ1) is 17.3. The lowest BCUT2D eigenvalue weighted by atomic mass is 10.0. The number of halogens is 1. The van der Waals surface area contributed by atoms with E-state index in [2.05, 4.69) is 11.2 Å². The first-order valence-electron chi connectivity index (χ1n) is 8.21. The number of nitrogens with two attached hydrogens (primary N) is 1. The van der Waals surface area contributed by atoms with Gasteiger partial charge in [0.15, 0.2) is 6.61 Å². The van der Waals surface area contributed by atoms with E-state index in [1.807, 2.05) is 36.4 Å². The molecule has 25 heavy (non-hydrogen) atoms. The zero-order valence-corrected chi connectivity index (χ0v) is 14.6. The van der Waals surface area contributed by atoms with Gasteiger partial charge in [0, 0.05) is 23.7 Å². The van der Waals surface area contributed by atoms with Crippen molar-refractivity contribution in [2.45, 2.75) is 19.3 Å². The van der Waals surface area contributed by atoms with Crippen molar-refractivity contribution in [3.05, 3.63) is 64.7 Å². The number of fused-ring (bicyclic) bond motifs is 1. The molecule has 0 aromatic heterocycles. The Hall–Kier alpha value is -2.53. The van der Waals surface area contributed by atoms with Crippen LogP contribution in [-0.2, 0) is 22.5 Å². The van der Waals surface area contributed by atoms with Gasteiger partial charge in [-0.2, -0.15) is 0 Å². The van der Waals surface area contributed by atoms with Crippen LogP contribution >= 0.6 is 11.6 Å². The average Bonchev–Trinajstić information content (AvgIpc) is 2.63. The SMILES string of the molecule is NC(Cc1ccccc1Cl)=NOCC(=O)N1CCCc2ccccc21. The molecule has 2 aromatic rings. The quantitative estimate of drug-likeness (QED) is 0.507. The molecule has 5 nitrogen and oxygen atoms in total. The van der Waals surface area contributed by atoms with Gasteiger partial charge in [-0.25, -0.2) is 0 Å². The molecule has 0 saturated carbocycles. The minimum atomic E-state index is -0.141. The molecule has 0 bridgehead atoms. The first-order valence-corrected chi connectivity index (χ1v) is 8.59. The average molecular weight is 358 g/mol. The molecule has 1 aliphatic heterocycles. The molecule has 130 valence electrons. The summed E-state index contributed by atoms with van der Waals surface area (Å²) >= 11 is 6.09. The zero-order valence-electron chi connectivity index (χ0n) is 13.8. The van der Waals surface area contributed by atoms with Gasteiger partial charge in [-0.15, -0.1) is 0 Å². The predicted octanol–water partition coefficient (Wildman–Crippen LogP) is 3.15. The maximum absolute atomic E-state index is 12.4. The summed E-state index contributed by atoms with van der Waals surface area (Å²) in [5, 5.41) is 4.47. The molecule has 0 aliphatic carbocycles. The Morgan fingerprint density at radius 1 is 1.20 bits per heavy atom. The second-order valence-corrected chi connectivity index (χ2v) is 6.31. The molecular formula is C19H20ClN3O2. The minimum Gasteiger partial charge on any atom is -0.384 e. The standard InChI is InChI=1S/C19H20ClN3O2/c20-16-9-3-1-7-15(16)12-18(21)22-25-13-19(24)23-11-5-8-14-6-2-4-10-17(14)23/h1-4,6-7,9-10H,5,8,11-13H2,(H2,21,22). The molecule has 0 spiro atoms. The van der Waals surface area contributed by atoms with Gasteiger partial charge in [0.2, 0.25) is 0 Å². The van der Waals surface area contributed by atoms with E-state index < -0.39 is 0 Å². The number of nitrogens with zero attached hydrogens (tertiary/aromatic N) is 2. The maximum atomic E-state index is 12.4. The Balaban J connectivity index is 1.57. The van der Waals surface area contributed by atoms with Crippen molar-refractivity contribution in [1.82, 2.24) is 0 Å². The van der Waals surface area contributed by atoms with Crippen LogP contribution < -0.4 is 10.6 Å². The normalized spacial score (nSPS) is 14.1. The van der Waals surface area contributed by atoms with Crippen molar-refractivity contribution in [3.63, 3.8) is 0 Å². The molecule has 0 radical (unpaired) electrons. The highest BCUT2D eigenvalue weighted by Crippen LogP contribution is 2.26. The highest BCUT2D eigenvalue weighted by molar-refractivity contribution is 6.31. The molecule has 0 saturated heterocycles. The van der Waals surface area contributed by atoms with Gasteiger partial charge in [0.05, 0.1) is 0 Å². The van der Waals surface area contributed by atoms with Crippen LogP contribution in [0.25, 0.3) is 0 Å². The second kappa shape index (κ2) is 8.03. The van der Waals surface area contributed by atoms with Gasteiger partial charge in [0.1, 0.15) is 5.84 Å². The summed E-state index contributed by atoms with van der Waals surface area (Å²) < 4.78 is 0. The van der Waals surface area contributed by atoms with E-state index in [1.165, 1.54) is 5.56 Å². The van der Waals surface area contributed by atoms with E-state index >= 15 is 0 Å². The fourth-order valence-electron chi connectivity index (χ4n) is 2.91. The minimum absolute atomic E-state index is 0.124. The topological polar surface area (TPSA) is 67.9 Å². The molecule has 6 heteroatoms. The third-order valence-electron chi connectivity index (χ3n) is 4.11. The van der Waals surface area contributed by atoms with Gasteiger partial charge >= 0.3 is 0 Å². The number of amidine groups is 1. The number of anilines is 1.